The van der Waals surface area contributed by atoms with Crippen LogP contribution in [0.4, 0.5) is 5.69 Å². The number of benzene rings is 1. The van der Waals surface area contributed by atoms with Gasteiger partial charge in [0.25, 0.3) is 0 Å². The highest BCUT2D eigenvalue weighted by Crippen LogP contribution is 2.34. The van der Waals surface area contributed by atoms with Gasteiger partial charge in [0.2, 0.25) is 0 Å². The van der Waals surface area contributed by atoms with E-state index < -0.39 is 6.23 Å². The SMILES string of the molecule is OC(Nc1cncc(-c2ccc3[nH]nc(-c4cc5c(-c6ccccn6)cccc5[nH]4)c3n2)c1)C1CCC1. The van der Waals surface area contributed by atoms with Crippen molar-refractivity contribution in [2.45, 2.75) is 25.5 Å². The van der Waals surface area contributed by atoms with E-state index in [1.54, 1.807) is 12.4 Å². The van der Waals surface area contributed by atoms with Crippen molar-refractivity contribution in [3.8, 4) is 33.9 Å². The third-order valence-electron chi connectivity index (χ3n) is 7.21. The minimum Gasteiger partial charge on any atom is -0.374 e. The maximum absolute atomic E-state index is 10.4. The summed E-state index contributed by atoms with van der Waals surface area (Å²) in [7, 11) is 0. The number of rotatable bonds is 6. The van der Waals surface area contributed by atoms with Gasteiger partial charge >= 0.3 is 0 Å². The number of hydrogen-bond acceptors (Lipinski definition) is 6. The molecule has 0 aliphatic heterocycles. The topological polar surface area (TPSA) is 115 Å². The van der Waals surface area contributed by atoms with Crippen LogP contribution in [0.5, 0.6) is 0 Å². The summed E-state index contributed by atoms with van der Waals surface area (Å²) in [5.74, 6) is 0.307. The quantitative estimate of drug-likeness (QED) is 0.222. The van der Waals surface area contributed by atoms with Crippen LogP contribution in [0.1, 0.15) is 19.3 Å². The average Bonchev–Trinajstić information content (AvgIpc) is 3.52. The molecule has 1 unspecified atom stereocenters. The molecular weight excluding hydrogens is 462 g/mol. The molecule has 1 saturated carbocycles. The van der Waals surface area contributed by atoms with Gasteiger partial charge < -0.3 is 15.4 Å². The molecule has 5 aromatic heterocycles. The van der Waals surface area contributed by atoms with Gasteiger partial charge in [-0.2, -0.15) is 5.10 Å². The zero-order chi connectivity index (χ0) is 24.8. The van der Waals surface area contributed by atoms with E-state index in [-0.39, 0.29) is 0 Å². The number of fused-ring (bicyclic) bond motifs is 2. The second kappa shape index (κ2) is 8.83. The Balaban J connectivity index is 1.26. The second-order valence-electron chi connectivity index (χ2n) is 9.57. The Bertz CT molecular complexity index is 1720. The lowest BCUT2D eigenvalue weighted by Crippen LogP contribution is -2.33. The highest BCUT2D eigenvalue weighted by molar-refractivity contribution is 6.00. The number of aliphatic hydroxyl groups excluding tert-OH is 1. The lowest BCUT2D eigenvalue weighted by atomic mass is 9.84. The monoisotopic (exact) mass is 487 g/mol. The fraction of sp³-hybridized carbons (Fsp3) is 0.172. The van der Waals surface area contributed by atoms with E-state index in [1.165, 1.54) is 6.42 Å². The Hall–Kier alpha value is -4.56. The third kappa shape index (κ3) is 3.91. The molecule has 1 aromatic carbocycles. The van der Waals surface area contributed by atoms with Crippen LogP contribution in [0.3, 0.4) is 0 Å². The van der Waals surface area contributed by atoms with Crippen molar-refractivity contribution in [2.24, 2.45) is 5.92 Å². The standard InChI is InChI=1S/C29H25N7O/c37-29(17-5-3-6-17)32-19-13-18(15-30-16-19)22-10-11-25-27(34-22)28(36-35-25)26-14-21-20(7-4-9-24(21)33-26)23-8-1-2-12-31-23/h1-2,4,7-17,29,32-33,37H,3,5-6H2,(H,35,36). The van der Waals surface area contributed by atoms with E-state index >= 15 is 0 Å². The minimum absolute atomic E-state index is 0.307. The molecule has 4 N–H and O–H groups in total. The summed E-state index contributed by atoms with van der Waals surface area (Å²) in [5.41, 5.74) is 8.70. The van der Waals surface area contributed by atoms with Crippen molar-refractivity contribution in [3.63, 3.8) is 0 Å². The van der Waals surface area contributed by atoms with Crippen LogP contribution >= 0.6 is 0 Å². The number of aromatic amines is 2. The van der Waals surface area contributed by atoms with Crippen LogP contribution in [-0.4, -0.2) is 41.5 Å². The molecule has 1 atom stereocenters. The lowest BCUT2D eigenvalue weighted by Gasteiger charge is -2.31. The van der Waals surface area contributed by atoms with Crippen LogP contribution in [0.25, 0.3) is 55.8 Å². The number of aliphatic hydroxyl groups is 1. The van der Waals surface area contributed by atoms with E-state index in [4.69, 9.17) is 4.98 Å². The van der Waals surface area contributed by atoms with E-state index in [2.05, 4.69) is 48.7 Å². The second-order valence-corrected chi connectivity index (χ2v) is 9.57. The molecule has 8 nitrogen and oxygen atoms in total. The fourth-order valence-corrected chi connectivity index (χ4v) is 4.98. The zero-order valence-electron chi connectivity index (χ0n) is 20.0. The van der Waals surface area contributed by atoms with Gasteiger partial charge in [0.15, 0.2) is 0 Å². The van der Waals surface area contributed by atoms with Crippen molar-refractivity contribution in [1.82, 2.24) is 30.1 Å². The van der Waals surface area contributed by atoms with Crippen molar-refractivity contribution < 1.29 is 5.11 Å². The first kappa shape index (κ1) is 21.7. The maximum atomic E-state index is 10.4. The van der Waals surface area contributed by atoms with Gasteiger partial charge in [-0.1, -0.05) is 24.6 Å². The minimum atomic E-state index is -0.556. The molecule has 1 aliphatic carbocycles. The van der Waals surface area contributed by atoms with Gasteiger partial charge in [-0.25, -0.2) is 4.98 Å². The molecule has 0 radical (unpaired) electrons. The Labute approximate surface area is 212 Å². The highest BCUT2D eigenvalue weighted by Gasteiger charge is 2.25. The number of hydrogen-bond donors (Lipinski definition) is 4. The molecule has 0 amide bonds. The molecule has 37 heavy (non-hydrogen) atoms. The van der Waals surface area contributed by atoms with Crippen LogP contribution in [-0.2, 0) is 0 Å². The van der Waals surface area contributed by atoms with Crippen molar-refractivity contribution in [2.75, 3.05) is 5.32 Å². The van der Waals surface area contributed by atoms with Crippen LogP contribution < -0.4 is 5.32 Å². The molecule has 0 bridgehead atoms. The van der Waals surface area contributed by atoms with Gasteiger partial charge in [-0.05, 0) is 55.3 Å². The Morgan fingerprint density at radius 3 is 2.73 bits per heavy atom. The van der Waals surface area contributed by atoms with Crippen LogP contribution in [0, 0.1) is 5.92 Å². The summed E-state index contributed by atoms with van der Waals surface area (Å²) in [4.78, 5) is 17.4. The molecule has 0 saturated heterocycles. The molecule has 182 valence electrons. The summed E-state index contributed by atoms with van der Waals surface area (Å²) in [5, 5.41) is 22.4. The van der Waals surface area contributed by atoms with Crippen LogP contribution in [0.2, 0.25) is 0 Å². The van der Waals surface area contributed by atoms with Gasteiger partial charge in [0, 0.05) is 40.3 Å². The number of nitrogens with zero attached hydrogens (tertiary/aromatic N) is 4. The molecular formula is C29H25N7O. The summed E-state index contributed by atoms with van der Waals surface area (Å²) >= 11 is 0. The normalized spacial score (nSPS) is 14.6. The third-order valence-corrected chi connectivity index (χ3v) is 7.21. The zero-order valence-corrected chi connectivity index (χ0v) is 20.0. The van der Waals surface area contributed by atoms with Crippen molar-refractivity contribution in [1.29, 1.82) is 0 Å². The summed E-state index contributed by atoms with van der Waals surface area (Å²) in [6.45, 7) is 0. The number of pyridine rings is 3. The van der Waals surface area contributed by atoms with Gasteiger partial charge in [0.05, 0.1) is 34.5 Å². The fourth-order valence-electron chi connectivity index (χ4n) is 4.98. The largest absolute Gasteiger partial charge is 0.374 e. The predicted molar refractivity (Wildman–Crippen MR) is 145 cm³/mol. The molecule has 5 heterocycles. The number of H-pyrrole nitrogens is 2. The Kier molecular flexibility index (Phi) is 5.18. The molecule has 0 spiro atoms. The van der Waals surface area contributed by atoms with Crippen molar-refractivity contribution in [3.05, 3.63) is 79.3 Å². The molecule has 8 heteroatoms. The molecule has 1 aliphatic rings. The van der Waals surface area contributed by atoms with E-state index in [1.807, 2.05) is 48.7 Å². The highest BCUT2D eigenvalue weighted by atomic mass is 16.3. The Morgan fingerprint density at radius 2 is 1.89 bits per heavy atom. The first-order chi connectivity index (χ1) is 18.2. The van der Waals surface area contributed by atoms with Crippen molar-refractivity contribution >= 4 is 27.6 Å². The smallest absolute Gasteiger partial charge is 0.135 e. The first-order valence-electron chi connectivity index (χ1n) is 12.5. The van der Waals surface area contributed by atoms with Gasteiger partial charge in [-0.3, -0.25) is 15.1 Å². The van der Waals surface area contributed by atoms with E-state index in [0.717, 1.165) is 74.4 Å². The summed E-state index contributed by atoms with van der Waals surface area (Å²) < 4.78 is 0. The Morgan fingerprint density at radius 1 is 0.946 bits per heavy atom. The molecule has 6 aromatic rings. The predicted octanol–water partition coefficient (Wildman–Crippen LogP) is 5.76. The first-order valence-corrected chi connectivity index (χ1v) is 12.5. The van der Waals surface area contributed by atoms with E-state index in [0.29, 0.717) is 5.92 Å². The number of aromatic nitrogens is 6. The maximum Gasteiger partial charge on any atom is 0.135 e. The van der Waals surface area contributed by atoms with Gasteiger partial charge in [0.1, 0.15) is 17.4 Å². The van der Waals surface area contributed by atoms with E-state index in [9.17, 15) is 5.11 Å². The van der Waals surface area contributed by atoms with Gasteiger partial charge in [-0.15, -0.1) is 0 Å². The molecule has 7 rings (SSSR count). The van der Waals surface area contributed by atoms with Crippen LogP contribution in [0.15, 0.2) is 79.3 Å². The lowest BCUT2D eigenvalue weighted by molar-refractivity contribution is 0.0851. The number of nitrogens with one attached hydrogen (secondary N) is 3. The average molecular weight is 488 g/mol. The summed E-state index contributed by atoms with van der Waals surface area (Å²) in [6, 6.07) is 20.1. The molecule has 1 fully saturated rings. The number of anilines is 1. The summed E-state index contributed by atoms with van der Waals surface area (Å²) in [6.07, 6.45) is 8.06.